The Bertz CT molecular complexity index is 2840. The number of carbonyl (C=O) groups excluding carboxylic acids is 2. The number of aliphatic hydroxyl groups excluding tert-OH is 1. The van der Waals surface area contributed by atoms with Crippen LogP contribution < -0.4 is 4.74 Å². The average molecular weight is 834 g/mol. The van der Waals surface area contributed by atoms with Crippen LogP contribution in [0.4, 0.5) is 4.79 Å². The summed E-state index contributed by atoms with van der Waals surface area (Å²) < 4.78 is 6.23. The minimum absolute atomic E-state index is 0.0293. The zero-order chi connectivity index (χ0) is 43.2. The fraction of sp³-hybridized carbons (Fsp3) is 0.333. The molecule has 1 unspecified atom stereocenters. The van der Waals surface area contributed by atoms with Gasteiger partial charge in [-0.3, -0.25) is 4.79 Å². The summed E-state index contributed by atoms with van der Waals surface area (Å²) >= 11 is 0. The number of aliphatic hydroxyl groups is 2. The van der Waals surface area contributed by atoms with E-state index in [0.29, 0.717) is 30.6 Å². The lowest BCUT2D eigenvalue weighted by Crippen LogP contribution is -2.67. The first-order valence-electron chi connectivity index (χ1n) is 22.9. The largest absolute Gasteiger partial charge is 0.415 e. The molecule has 2 spiro atoms. The summed E-state index contributed by atoms with van der Waals surface area (Å²) in [7, 11) is 0. The zero-order valence-corrected chi connectivity index (χ0v) is 36.2. The van der Waals surface area contributed by atoms with Crippen LogP contribution in [0.25, 0.3) is 32.7 Å². The van der Waals surface area contributed by atoms with E-state index in [4.69, 9.17) is 4.74 Å². The monoisotopic (exact) mass is 833 g/mol. The van der Waals surface area contributed by atoms with Crippen LogP contribution in [-0.2, 0) is 6.54 Å². The Morgan fingerprint density at radius 1 is 0.683 bits per heavy atom. The van der Waals surface area contributed by atoms with Crippen LogP contribution in [0, 0.1) is 33.5 Å². The van der Waals surface area contributed by atoms with Crippen LogP contribution in [-0.4, -0.2) is 45.2 Å². The predicted molar refractivity (Wildman–Crippen MR) is 249 cm³/mol. The quantitative estimate of drug-likeness (QED) is 0.118. The minimum atomic E-state index is -1.28. The van der Waals surface area contributed by atoms with E-state index in [0.717, 1.165) is 69.5 Å². The molecule has 6 heteroatoms. The number of hydrogen-bond donors (Lipinski definition) is 2. The minimum Gasteiger partial charge on any atom is -0.410 e. The summed E-state index contributed by atoms with van der Waals surface area (Å²) in [5.41, 5.74) is 1.47. The number of Topliss-reactive ketones (excluding diaryl/α,β-unsaturated/α-hetero) is 1. The van der Waals surface area contributed by atoms with E-state index in [9.17, 15) is 15.0 Å². The van der Waals surface area contributed by atoms with E-state index in [2.05, 4.69) is 68.5 Å². The summed E-state index contributed by atoms with van der Waals surface area (Å²) in [6.07, 6.45) is 11.0. The molecule has 0 heterocycles. The first-order chi connectivity index (χ1) is 30.5. The summed E-state index contributed by atoms with van der Waals surface area (Å²) in [4.78, 5) is 31.7. The average Bonchev–Trinajstić information content (AvgIpc) is 3.58. The van der Waals surface area contributed by atoms with Gasteiger partial charge in [0.25, 0.3) is 0 Å². The first-order valence-corrected chi connectivity index (χ1v) is 22.9. The second kappa shape index (κ2) is 14.6. The van der Waals surface area contributed by atoms with Gasteiger partial charge in [-0.25, -0.2) is 4.79 Å². The van der Waals surface area contributed by atoms with Crippen molar-refractivity contribution in [3.8, 4) is 16.9 Å². The highest BCUT2D eigenvalue weighted by Gasteiger charge is 2.74. The number of hydrogen-bond acceptors (Lipinski definition) is 5. The molecule has 0 aliphatic heterocycles. The van der Waals surface area contributed by atoms with Crippen molar-refractivity contribution in [2.24, 2.45) is 33.5 Å². The fourth-order valence-electron chi connectivity index (χ4n) is 13.7. The van der Waals surface area contributed by atoms with Crippen molar-refractivity contribution in [1.29, 1.82) is 0 Å². The predicted octanol–water partition coefficient (Wildman–Crippen LogP) is 12.1. The van der Waals surface area contributed by atoms with Gasteiger partial charge in [0.05, 0.1) is 18.2 Å². The molecule has 2 bridgehead atoms. The summed E-state index contributed by atoms with van der Waals surface area (Å²) in [5, 5.41) is 28.9. The number of allylic oxidation sites excluding steroid dienone is 4. The Morgan fingerprint density at radius 2 is 1.35 bits per heavy atom. The number of benzene rings is 6. The Kier molecular flexibility index (Phi) is 9.28. The Labute approximate surface area is 369 Å². The molecule has 63 heavy (non-hydrogen) atoms. The smallest absolute Gasteiger partial charge is 0.410 e. The number of fused-ring (bicyclic) bond motifs is 3. The van der Waals surface area contributed by atoms with Crippen LogP contribution in [0.3, 0.4) is 0 Å². The Hall–Kier alpha value is -5.82. The molecule has 1 amide bonds. The van der Waals surface area contributed by atoms with Crippen LogP contribution >= 0.6 is 0 Å². The summed E-state index contributed by atoms with van der Waals surface area (Å²) in [6, 6.07) is 46.3. The third kappa shape index (κ3) is 6.04. The molecule has 0 saturated heterocycles. The van der Waals surface area contributed by atoms with Gasteiger partial charge in [0, 0.05) is 33.9 Å². The highest BCUT2D eigenvalue weighted by atomic mass is 16.6. The van der Waals surface area contributed by atoms with Crippen LogP contribution in [0.2, 0.25) is 0 Å². The molecule has 12 rings (SSSR count). The van der Waals surface area contributed by atoms with Gasteiger partial charge in [-0.2, -0.15) is 0 Å². The molecular weight excluding hydrogens is 779 g/mol. The van der Waals surface area contributed by atoms with Crippen molar-refractivity contribution in [2.75, 3.05) is 6.54 Å². The molecule has 3 fully saturated rings. The second-order valence-electron chi connectivity index (χ2n) is 20.0. The van der Waals surface area contributed by atoms with E-state index in [1.165, 1.54) is 0 Å². The lowest BCUT2D eigenvalue weighted by atomic mass is 9.32. The number of nitrogens with zero attached hydrogens (tertiary/aromatic N) is 1. The number of ketones is 1. The standard InChI is InChI=1S/C57H55NO5/c1-53-28-25-45(59)34-55(53)31-32-57(48(35-55)51(60)42-21-19-40(20-22-42)38-11-4-3-5-12-38)49(53)26-29-54(2)50(57)27-30-56(54,62)37-58(36-44-17-10-16-41-14-8-9-18-47(41)44)52(61)63-46-24-23-39-13-6-7-15-43(39)33-46/h3-24,31-33,35,45,49-50,59,62H,25-30,34,36-37H2,1-2H3/t45?,49-,50-,53-,54+,55+,56-,57-/m1/s1. The molecule has 3 saturated carbocycles. The van der Waals surface area contributed by atoms with Gasteiger partial charge < -0.3 is 19.8 Å². The molecule has 318 valence electrons. The molecule has 6 aromatic rings. The molecule has 6 aliphatic carbocycles. The van der Waals surface area contributed by atoms with E-state index in [-0.39, 0.29) is 36.1 Å². The van der Waals surface area contributed by atoms with Gasteiger partial charge in [-0.1, -0.05) is 159 Å². The van der Waals surface area contributed by atoms with Gasteiger partial charge >= 0.3 is 6.09 Å². The normalized spacial score (nSPS) is 31.5. The first kappa shape index (κ1) is 40.0. The Balaban J connectivity index is 0.975. The van der Waals surface area contributed by atoms with Gasteiger partial charge in [0.15, 0.2) is 5.78 Å². The van der Waals surface area contributed by atoms with Crippen molar-refractivity contribution in [1.82, 2.24) is 4.90 Å². The maximum atomic E-state index is 15.3. The van der Waals surface area contributed by atoms with Gasteiger partial charge in [-0.15, -0.1) is 0 Å². The fourth-order valence-corrected chi connectivity index (χ4v) is 13.7. The van der Waals surface area contributed by atoms with Gasteiger partial charge in [-0.05, 0) is 113 Å². The molecule has 6 aliphatic rings. The Morgan fingerprint density at radius 3 is 2.16 bits per heavy atom. The summed E-state index contributed by atoms with van der Waals surface area (Å²) in [6.45, 7) is 4.98. The second-order valence-corrected chi connectivity index (χ2v) is 20.0. The number of amides is 1. The molecule has 8 atom stereocenters. The number of rotatable bonds is 8. The lowest BCUT2D eigenvalue weighted by Gasteiger charge is -2.71. The van der Waals surface area contributed by atoms with E-state index >= 15 is 4.79 Å². The van der Waals surface area contributed by atoms with Crippen molar-refractivity contribution >= 4 is 33.4 Å². The molecule has 0 aromatic heterocycles. The highest BCUT2D eigenvalue weighted by molar-refractivity contribution is 6.10. The lowest BCUT2D eigenvalue weighted by molar-refractivity contribution is -0.175. The topological polar surface area (TPSA) is 87.1 Å². The van der Waals surface area contributed by atoms with Crippen molar-refractivity contribution in [3.63, 3.8) is 0 Å². The molecule has 2 N–H and O–H groups in total. The van der Waals surface area contributed by atoms with Crippen molar-refractivity contribution < 1.29 is 24.5 Å². The molecule has 6 aromatic carbocycles. The van der Waals surface area contributed by atoms with Crippen LogP contribution in [0.1, 0.15) is 74.7 Å². The maximum absolute atomic E-state index is 15.3. The van der Waals surface area contributed by atoms with Gasteiger partial charge in [0.2, 0.25) is 0 Å². The third-order valence-corrected chi connectivity index (χ3v) is 17.1. The highest BCUT2D eigenvalue weighted by Crippen LogP contribution is 2.78. The number of ether oxygens (including phenoxy) is 1. The van der Waals surface area contributed by atoms with Crippen molar-refractivity contribution in [2.45, 2.75) is 77.0 Å². The molecule has 6 nitrogen and oxygen atoms in total. The zero-order valence-electron chi connectivity index (χ0n) is 36.2. The van der Waals surface area contributed by atoms with E-state index in [1.54, 1.807) is 4.90 Å². The summed E-state index contributed by atoms with van der Waals surface area (Å²) in [5.74, 6) is 0.570. The molecule has 0 radical (unpaired) electrons. The van der Waals surface area contributed by atoms with Crippen molar-refractivity contribution in [3.05, 3.63) is 174 Å². The number of carbonyl (C=O) groups is 2. The van der Waals surface area contributed by atoms with Crippen LogP contribution in [0.5, 0.6) is 5.75 Å². The SMILES string of the molecule is C[C@]12CC[C@H]3[C@]4(C=C[C@@]5(C=C4C(=O)c4ccc(-c6ccccc6)cc4)CC(O)CC[C@]35C)[C@@H]1CC[C@@]2(O)CN(Cc1cccc2ccccc12)C(=O)Oc1ccc2ccccc2c1. The third-order valence-electron chi connectivity index (χ3n) is 17.1. The molecular formula is C57H55NO5. The van der Waals surface area contributed by atoms with E-state index in [1.807, 2.05) is 103 Å². The maximum Gasteiger partial charge on any atom is 0.415 e. The van der Waals surface area contributed by atoms with Crippen LogP contribution in [0.15, 0.2) is 163 Å². The van der Waals surface area contributed by atoms with Gasteiger partial charge in [0.1, 0.15) is 5.75 Å². The van der Waals surface area contributed by atoms with E-state index < -0.39 is 34.0 Å².